The van der Waals surface area contributed by atoms with Crippen molar-refractivity contribution in [1.29, 1.82) is 5.26 Å². The SMILES string of the molecule is COc1ccc(CNC(=O)c2ccc(C#N)cc2)c(OC)c1. The fourth-order valence-electron chi connectivity index (χ4n) is 1.97. The number of nitrogens with zero attached hydrogens (tertiary/aromatic N) is 1. The molecule has 5 nitrogen and oxygen atoms in total. The first-order chi connectivity index (χ1) is 10.7. The van der Waals surface area contributed by atoms with Crippen LogP contribution < -0.4 is 14.8 Å². The van der Waals surface area contributed by atoms with Crippen molar-refractivity contribution < 1.29 is 14.3 Å². The lowest BCUT2D eigenvalue weighted by Gasteiger charge is -2.11. The number of hydrogen-bond acceptors (Lipinski definition) is 4. The third-order valence-electron chi connectivity index (χ3n) is 3.21. The number of hydrogen-bond donors (Lipinski definition) is 1. The molecule has 1 amide bonds. The number of amides is 1. The molecule has 0 aromatic heterocycles. The van der Waals surface area contributed by atoms with E-state index in [2.05, 4.69) is 5.32 Å². The van der Waals surface area contributed by atoms with Crippen LogP contribution >= 0.6 is 0 Å². The van der Waals surface area contributed by atoms with Crippen molar-refractivity contribution in [3.8, 4) is 17.6 Å². The third-order valence-corrected chi connectivity index (χ3v) is 3.21. The largest absolute Gasteiger partial charge is 0.497 e. The van der Waals surface area contributed by atoms with Gasteiger partial charge in [0.05, 0.1) is 25.9 Å². The highest BCUT2D eigenvalue weighted by atomic mass is 16.5. The average molecular weight is 296 g/mol. The molecule has 0 spiro atoms. The van der Waals surface area contributed by atoms with Gasteiger partial charge in [0.25, 0.3) is 5.91 Å². The van der Waals surface area contributed by atoms with Gasteiger partial charge < -0.3 is 14.8 Å². The summed E-state index contributed by atoms with van der Waals surface area (Å²) in [4.78, 5) is 12.1. The monoisotopic (exact) mass is 296 g/mol. The Kier molecular flexibility index (Phi) is 4.99. The van der Waals surface area contributed by atoms with Gasteiger partial charge in [0.1, 0.15) is 11.5 Å². The van der Waals surface area contributed by atoms with Crippen molar-refractivity contribution in [1.82, 2.24) is 5.32 Å². The second-order valence-electron chi connectivity index (χ2n) is 4.55. The molecule has 1 N–H and O–H groups in total. The molecule has 0 atom stereocenters. The molecule has 0 aliphatic heterocycles. The van der Waals surface area contributed by atoms with Gasteiger partial charge in [-0.05, 0) is 36.4 Å². The van der Waals surface area contributed by atoms with Crippen LogP contribution in [0.5, 0.6) is 11.5 Å². The molecule has 0 aliphatic carbocycles. The summed E-state index contributed by atoms with van der Waals surface area (Å²) in [7, 11) is 3.15. The second-order valence-corrected chi connectivity index (χ2v) is 4.55. The number of ether oxygens (including phenoxy) is 2. The van der Waals surface area contributed by atoms with Gasteiger partial charge >= 0.3 is 0 Å². The maximum Gasteiger partial charge on any atom is 0.251 e. The first-order valence-corrected chi connectivity index (χ1v) is 6.67. The molecule has 0 radical (unpaired) electrons. The fourth-order valence-corrected chi connectivity index (χ4v) is 1.97. The first-order valence-electron chi connectivity index (χ1n) is 6.67. The van der Waals surface area contributed by atoms with Crippen LogP contribution in [0, 0.1) is 11.3 Å². The number of methoxy groups -OCH3 is 2. The van der Waals surface area contributed by atoms with Gasteiger partial charge in [0, 0.05) is 23.7 Å². The number of nitriles is 1. The van der Waals surface area contributed by atoms with Gasteiger partial charge in [-0.15, -0.1) is 0 Å². The minimum Gasteiger partial charge on any atom is -0.497 e. The summed E-state index contributed by atoms with van der Waals surface area (Å²) in [5.41, 5.74) is 1.88. The van der Waals surface area contributed by atoms with Gasteiger partial charge in [-0.3, -0.25) is 4.79 Å². The maximum atomic E-state index is 12.1. The van der Waals surface area contributed by atoms with E-state index in [1.165, 1.54) is 0 Å². The van der Waals surface area contributed by atoms with Crippen LogP contribution in [0.15, 0.2) is 42.5 Å². The van der Waals surface area contributed by atoms with Crippen molar-refractivity contribution in [2.75, 3.05) is 14.2 Å². The number of carbonyl (C=O) groups is 1. The molecule has 22 heavy (non-hydrogen) atoms. The van der Waals surface area contributed by atoms with Crippen LogP contribution in [0.3, 0.4) is 0 Å². The Labute approximate surface area is 129 Å². The van der Waals surface area contributed by atoms with E-state index in [4.69, 9.17) is 14.7 Å². The Morgan fingerprint density at radius 2 is 1.86 bits per heavy atom. The average Bonchev–Trinajstić information content (AvgIpc) is 2.59. The second kappa shape index (κ2) is 7.14. The van der Waals surface area contributed by atoms with Crippen molar-refractivity contribution in [3.05, 3.63) is 59.2 Å². The topological polar surface area (TPSA) is 71.3 Å². The van der Waals surface area contributed by atoms with Crippen LogP contribution in [0.2, 0.25) is 0 Å². The van der Waals surface area contributed by atoms with E-state index in [1.807, 2.05) is 18.2 Å². The lowest BCUT2D eigenvalue weighted by atomic mass is 10.1. The zero-order valence-electron chi connectivity index (χ0n) is 12.4. The Morgan fingerprint density at radius 3 is 2.45 bits per heavy atom. The molecule has 0 saturated heterocycles. The minimum absolute atomic E-state index is 0.206. The number of carbonyl (C=O) groups excluding carboxylic acids is 1. The van der Waals surface area contributed by atoms with Crippen LogP contribution in [0.25, 0.3) is 0 Å². The van der Waals surface area contributed by atoms with Gasteiger partial charge in [-0.25, -0.2) is 0 Å². The zero-order chi connectivity index (χ0) is 15.9. The summed E-state index contributed by atoms with van der Waals surface area (Å²) >= 11 is 0. The molecular weight excluding hydrogens is 280 g/mol. The summed E-state index contributed by atoms with van der Waals surface area (Å²) < 4.78 is 10.4. The van der Waals surface area contributed by atoms with Crippen LogP contribution in [-0.2, 0) is 6.54 Å². The molecule has 0 heterocycles. The maximum absolute atomic E-state index is 12.1. The Balaban J connectivity index is 2.05. The van der Waals surface area contributed by atoms with E-state index in [0.29, 0.717) is 29.2 Å². The van der Waals surface area contributed by atoms with Crippen LogP contribution in [0.4, 0.5) is 0 Å². The quantitative estimate of drug-likeness (QED) is 0.920. The number of nitrogens with one attached hydrogen (secondary N) is 1. The fraction of sp³-hybridized carbons (Fsp3) is 0.176. The van der Waals surface area contributed by atoms with Gasteiger partial charge in [0.15, 0.2) is 0 Å². The predicted molar refractivity (Wildman–Crippen MR) is 81.9 cm³/mol. The van der Waals surface area contributed by atoms with Crippen molar-refractivity contribution >= 4 is 5.91 Å². The van der Waals surface area contributed by atoms with Crippen LogP contribution in [0.1, 0.15) is 21.5 Å². The molecule has 5 heteroatoms. The Hall–Kier alpha value is -3.00. The van der Waals surface area contributed by atoms with Gasteiger partial charge in [-0.2, -0.15) is 5.26 Å². The molecule has 0 fully saturated rings. The molecule has 2 rings (SSSR count). The normalized spacial score (nSPS) is 9.68. The lowest BCUT2D eigenvalue weighted by molar-refractivity contribution is 0.0950. The van der Waals surface area contributed by atoms with Crippen molar-refractivity contribution in [2.24, 2.45) is 0 Å². The van der Waals surface area contributed by atoms with E-state index in [-0.39, 0.29) is 5.91 Å². The smallest absolute Gasteiger partial charge is 0.251 e. The van der Waals surface area contributed by atoms with E-state index in [1.54, 1.807) is 44.6 Å². The van der Waals surface area contributed by atoms with E-state index in [9.17, 15) is 4.79 Å². The highest BCUT2D eigenvalue weighted by Gasteiger charge is 2.09. The first kappa shape index (κ1) is 15.4. The summed E-state index contributed by atoms with van der Waals surface area (Å²) in [6.07, 6.45) is 0. The van der Waals surface area contributed by atoms with E-state index >= 15 is 0 Å². The molecule has 2 aromatic rings. The van der Waals surface area contributed by atoms with E-state index < -0.39 is 0 Å². The van der Waals surface area contributed by atoms with Crippen LogP contribution in [-0.4, -0.2) is 20.1 Å². The Morgan fingerprint density at radius 1 is 1.14 bits per heavy atom. The summed E-state index contributed by atoms with van der Waals surface area (Å²) in [5.74, 6) is 1.14. The van der Waals surface area contributed by atoms with E-state index in [0.717, 1.165) is 5.56 Å². The highest BCUT2D eigenvalue weighted by Crippen LogP contribution is 2.24. The zero-order valence-corrected chi connectivity index (χ0v) is 12.4. The standard InChI is InChI=1S/C17H16N2O3/c1-21-15-8-7-14(16(9-15)22-2)11-19-17(20)13-5-3-12(10-18)4-6-13/h3-9H,11H2,1-2H3,(H,19,20). The van der Waals surface area contributed by atoms with Crippen molar-refractivity contribution in [2.45, 2.75) is 6.54 Å². The van der Waals surface area contributed by atoms with Crippen molar-refractivity contribution in [3.63, 3.8) is 0 Å². The minimum atomic E-state index is -0.206. The summed E-state index contributed by atoms with van der Waals surface area (Å²) in [6, 6.07) is 13.9. The molecular formula is C17H16N2O3. The molecule has 0 bridgehead atoms. The highest BCUT2D eigenvalue weighted by molar-refractivity contribution is 5.94. The number of benzene rings is 2. The lowest BCUT2D eigenvalue weighted by Crippen LogP contribution is -2.23. The third kappa shape index (κ3) is 3.55. The van der Waals surface area contributed by atoms with Gasteiger partial charge in [0.2, 0.25) is 0 Å². The summed E-state index contributed by atoms with van der Waals surface area (Å²) in [6.45, 7) is 0.339. The van der Waals surface area contributed by atoms with Gasteiger partial charge in [-0.1, -0.05) is 0 Å². The summed E-state index contributed by atoms with van der Waals surface area (Å²) in [5, 5.41) is 11.6. The number of rotatable bonds is 5. The molecule has 0 saturated carbocycles. The Bertz CT molecular complexity index is 703. The molecule has 0 aliphatic rings. The molecule has 112 valence electrons. The predicted octanol–water partition coefficient (Wildman–Crippen LogP) is 2.51. The molecule has 0 unspecified atom stereocenters. The molecule has 2 aromatic carbocycles.